The van der Waals surface area contributed by atoms with E-state index in [2.05, 4.69) is 24.3 Å². The second-order valence-corrected chi connectivity index (χ2v) is 6.94. The van der Waals surface area contributed by atoms with Gasteiger partial charge in [0.2, 0.25) is 0 Å². The van der Waals surface area contributed by atoms with E-state index >= 15 is 0 Å². The van der Waals surface area contributed by atoms with Crippen molar-refractivity contribution in [3.63, 3.8) is 0 Å². The highest BCUT2D eigenvalue weighted by molar-refractivity contribution is 6.08. The lowest BCUT2D eigenvalue weighted by atomic mass is 10.1. The molecule has 27 heavy (non-hydrogen) atoms. The maximum atomic E-state index is 13.1. The van der Waals surface area contributed by atoms with Crippen molar-refractivity contribution in [3.05, 3.63) is 66.0 Å². The lowest BCUT2D eigenvalue weighted by molar-refractivity contribution is 0.102. The first-order valence-corrected chi connectivity index (χ1v) is 8.84. The van der Waals surface area contributed by atoms with Gasteiger partial charge in [-0.25, -0.2) is 14.1 Å². The summed E-state index contributed by atoms with van der Waals surface area (Å²) in [7, 11) is 0. The number of halogens is 1. The molecule has 0 fully saturated rings. The Balaban J connectivity index is 1.80. The number of benzene rings is 2. The molecule has 136 valence electrons. The average Bonchev–Trinajstić information content (AvgIpc) is 2.96. The number of amides is 1. The molecule has 0 saturated heterocycles. The van der Waals surface area contributed by atoms with Gasteiger partial charge in [-0.1, -0.05) is 32.0 Å². The fraction of sp³-hybridized carbons (Fsp3) is 0.190. The molecule has 4 rings (SSSR count). The van der Waals surface area contributed by atoms with Gasteiger partial charge in [-0.05, 0) is 42.3 Å². The van der Waals surface area contributed by atoms with Crippen LogP contribution < -0.4 is 5.32 Å². The molecule has 0 radical (unpaired) electrons. The smallest absolute Gasteiger partial charge is 0.256 e. The fourth-order valence-corrected chi connectivity index (χ4v) is 3.05. The van der Waals surface area contributed by atoms with Crippen LogP contribution in [-0.4, -0.2) is 20.7 Å². The number of hydrogen-bond acceptors (Lipinski definition) is 3. The van der Waals surface area contributed by atoms with Crippen molar-refractivity contribution in [2.45, 2.75) is 20.4 Å². The first-order chi connectivity index (χ1) is 13.0. The van der Waals surface area contributed by atoms with Gasteiger partial charge in [0.15, 0.2) is 11.5 Å². The van der Waals surface area contributed by atoms with Crippen LogP contribution in [0.3, 0.4) is 0 Å². The third-order valence-electron chi connectivity index (χ3n) is 4.30. The van der Waals surface area contributed by atoms with Crippen molar-refractivity contribution in [3.8, 4) is 0 Å². The summed E-state index contributed by atoms with van der Waals surface area (Å²) in [5.74, 6) is 0.119. The number of nitrogens with one attached hydrogen (secondary N) is 1. The highest BCUT2D eigenvalue weighted by Crippen LogP contribution is 2.27. The van der Waals surface area contributed by atoms with Gasteiger partial charge in [0.1, 0.15) is 5.82 Å². The molecule has 0 atom stereocenters. The van der Waals surface area contributed by atoms with Gasteiger partial charge < -0.3 is 5.32 Å². The third-order valence-corrected chi connectivity index (χ3v) is 4.30. The number of pyridine rings is 1. The number of nitrogens with zero attached hydrogens (tertiary/aromatic N) is 3. The molecule has 1 N–H and O–H groups in total. The summed E-state index contributed by atoms with van der Waals surface area (Å²) in [6.07, 6.45) is 0. The van der Waals surface area contributed by atoms with E-state index in [1.165, 1.54) is 24.3 Å². The lowest BCUT2D eigenvalue weighted by Gasteiger charge is -2.06. The van der Waals surface area contributed by atoms with E-state index in [1.54, 1.807) is 0 Å². The Morgan fingerprint density at radius 2 is 1.89 bits per heavy atom. The Labute approximate surface area is 155 Å². The molecular weight excluding hydrogens is 343 g/mol. The van der Waals surface area contributed by atoms with E-state index in [9.17, 15) is 9.18 Å². The molecule has 4 aromatic rings. The predicted octanol–water partition coefficient (Wildman–Crippen LogP) is 4.63. The molecule has 0 aliphatic rings. The topological polar surface area (TPSA) is 59.8 Å². The molecule has 0 spiro atoms. The molecule has 1 amide bonds. The largest absolute Gasteiger partial charge is 0.305 e. The summed E-state index contributed by atoms with van der Waals surface area (Å²) in [6, 6.07) is 15.2. The summed E-state index contributed by atoms with van der Waals surface area (Å²) in [5, 5.41) is 9.19. The number of carbonyl (C=O) groups is 1. The van der Waals surface area contributed by atoms with Crippen molar-refractivity contribution >= 4 is 33.7 Å². The predicted molar refractivity (Wildman–Crippen MR) is 104 cm³/mol. The highest BCUT2D eigenvalue weighted by Gasteiger charge is 2.17. The van der Waals surface area contributed by atoms with Crippen LogP contribution in [0.5, 0.6) is 0 Å². The summed E-state index contributed by atoms with van der Waals surface area (Å²) < 4.78 is 14.9. The van der Waals surface area contributed by atoms with E-state index < -0.39 is 0 Å². The number of hydrogen-bond donors (Lipinski definition) is 1. The van der Waals surface area contributed by atoms with Gasteiger partial charge in [-0.3, -0.25) is 4.79 Å². The first-order valence-electron chi connectivity index (χ1n) is 8.84. The van der Waals surface area contributed by atoms with Gasteiger partial charge in [0, 0.05) is 17.5 Å². The normalized spacial score (nSPS) is 11.4. The summed E-state index contributed by atoms with van der Waals surface area (Å²) in [6.45, 7) is 4.89. The molecule has 2 aromatic carbocycles. The van der Waals surface area contributed by atoms with Crippen molar-refractivity contribution in [1.29, 1.82) is 0 Å². The Hall–Kier alpha value is -3.28. The molecule has 2 heterocycles. The fourth-order valence-electron chi connectivity index (χ4n) is 3.05. The van der Waals surface area contributed by atoms with Crippen LogP contribution >= 0.6 is 0 Å². The molecule has 2 aromatic heterocycles. The number of fused-ring (bicyclic) bond motifs is 2. The van der Waals surface area contributed by atoms with Crippen LogP contribution in [0, 0.1) is 11.7 Å². The molecule has 0 aliphatic carbocycles. The quantitative estimate of drug-likeness (QED) is 0.576. The summed E-state index contributed by atoms with van der Waals surface area (Å²) >= 11 is 0. The van der Waals surface area contributed by atoms with Crippen molar-refractivity contribution in [2.75, 3.05) is 5.32 Å². The van der Waals surface area contributed by atoms with Gasteiger partial charge in [-0.2, -0.15) is 5.10 Å². The maximum absolute atomic E-state index is 13.1. The minimum Gasteiger partial charge on any atom is -0.305 e. The Bertz CT molecular complexity index is 1130. The van der Waals surface area contributed by atoms with Crippen molar-refractivity contribution < 1.29 is 9.18 Å². The van der Waals surface area contributed by atoms with Gasteiger partial charge in [0.25, 0.3) is 5.91 Å². The van der Waals surface area contributed by atoms with Crippen LogP contribution in [0.25, 0.3) is 21.9 Å². The minimum atomic E-state index is -0.381. The second-order valence-electron chi connectivity index (χ2n) is 6.94. The SMILES string of the molecule is CC(C)Cn1nc(NC(=O)c2ccc(F)cc2)c2cc3ccccc3nc21. The van der Waals surface area contributed by atoms with Crippen LogP contribution in [0.4, 0.5) is 10.2 Å². The number of anilines is 1. The Kier molecular flexibility index (Phi) is 4.32. The minimum absolute atomic E-state index is 0.334. The third kappa shape index (κ3) is 3.38. The molecular formula is C21H19FN4O. The number of aromatic nitrogens is 3. The zero-order valence-electron chi connectivity index (χ0n) is 15.1. The van der Waals surface area contributed by atoms with Crippen molar-refractivity contribution in [1.82, 2.24) is 14.8 Å². The molecule has 0 unspecified atom stereocenters. The lowest BCUT2D eigenvalue weighted by Crippen LogP contribution is -2.13. The monoisotopic (exact) mass is 362 g/mol. The Morgan fingerprint density at radius 3 is 2.63 bits per heavy atom. The number of para-hydroxylation sites is 1. The maximum Gasteiger partial charge on any atom is 0.256 e. The van der Waals surface area contributed by atoms with E-state index in [0.29, 0.717) is 23.8 Å². The number of rotatable bonds is 4. The summed E-state index contributed by atoms with van der Waals surface area (Å²) in [4.78, 5) is 17.3. The molecule has 6 heteroatoms. The van der Waals surface area contributed by atoms with Crippen LogP contribution in [-0.2, 0) is 6.54 Å². The first kappa shape index (κ1) is 17.1. The van der Waals surface area contributed by atoms with Gasteiger partial charge in [0.05, 0.1) is 10.9 Å². The standard InChI is InChI=1S/C21H19FN4O/c1-13(2)12-26-20-17(11-15-5-3-4-6-18(15)23-20)19(25-26)24-21(27)14-7-9-16(22)10-8-14/h3-11,13H,12H2,1-2H3,(H,24,25,27). The summed E-state index contributed by atoms with van der Waals surface area (Å²) in [5.41, 5.74) is 1.99. The van der Waals surface area contributed by atoms with E-state index in [0.717, 1.165) is 21.9 Å². The highest BCUT2D eigenvalue weighted by atomic mass is 19.1. The average molecular weight is 362 g/mol. The zero-order valence-corrected chi connectivity index (χ0v) is 15.1. The molecule has 0 bridgehead atoms. The number of carbonyl (C=O) groups excluding carboxylic acids is 1. The van der Waals surface area contributed by atoms with Crippen LogP contribution in [0.2, 0.25) is 0 Å². The Morgan fingerprint density at radius 1 is 1.15 bits per heavy atom. The van der Waals surface area contributed by atoms with E-state index in [4.69, 9.17) is 4.98 Å². The van der Waals surface area contributed by atoms with Crippen molar-refractivity contribution in [2.24, 2.45) is 5.92 Å². The van der Waals surface area contributed by atoms with Crippen LogP contribution in [0.1, 0.15) is 24.2 Å². The zero-order chi connectivity index (χ0) is 19.0. The molecule has 0 aliphatic heterocycles. The van der Waals surface area contributed by atoms with Gasteiger partial charge >= 0.3 is 0 Å². The molecule has 0 saturated carbocycles. The van der Waals surface area contributed by atoms with E-state index in [1.807, 2.05) is 35.0 Å². The van der Waals surface area contributed by atoms with Gasteiger partial charge in [-0.15, -0.1) is 0 Å². The molecule has 5 nitrogen and oxygen atoms in total. The second kappa shape index (κ2) is 6.79. The van der Waals surface area contributed by atoms with Crippen LogP contribution in [0.15, 0.2) is 54.6 Å². The van der Waals surface area contributed by atoms with E-state index in [-0.39, 0.29) is 11.7 Å².